The van der Waals surface area contributed by atoms with Crippen LogP contribution in [-0.2, 0) is 44.8 Å². The fraction of sp³-hybridized carbons (Fsp3) is 0.512. The summed E-state index contributed by atoms with van der Waals surface area (Å²) in [4.78, 5) is 53.2. The topological polar surface area (TPSA) is 158 Å². The smallest absolute Gasteiger partial charge is 0.306 e. The number of carboxylic acid groups (broad SMARTS) is 1. The molecule has 4 heterocycles. The van der Waals surface area contributed by atoms with E-state index in [-0.39, 0.29) is 23.8 Å². The average molecular weight is 832 g/mol. The third kappa shape index (κ3) is 8.29. The van der Waals surface area contributed by atoms with Crippen molar-refractivity contribution in [3.63, 3.8) is 0 Å². The van der Waals surface area contributed by atoms with Crippen LogP contribution >= 0.6 is 23.2 Å². The highest BCUT2D eigenvalue weighted by atomic mass is 35.5. The van der Waals surface area contributed by atoms with Crippen LogP contribution in [0.1, 0.15) is 102 Å². The third-order valence-corrected chi connectivity index (χ3v) is 13.9. The summed E-state index contributed by atoms with van der Waals surface area (Å²) in [6, 6.07) is 11.1. The number of hydrogen-bond donors (Lipinski definition) is 4. The number of anilines is 2. The van der Waals surface area contributed by atoms with Gasteiger partial charge in [-0.2, -0.15) is 0 Å². The zero-order valence-electron chi connectivity index (χ0n) is 33.1. The third-order valence-electron chi connectivity index (χ3n) is 13.0. The summed E-state index contributed by atoms with van der Waals surface area (Å²) in [5.74, 6) is -0.440. The van der Waals surface area contributed by atoms with Crippen molar-refractivity contribution in [3.8, 4) is 11.1 Å². The lowest BCUT2D eigenvalue weighted by atomic mass is 9.80. The summed E-state index contributed by atoms with van der Waals surface area (Å²) >= 11 is 14.0. The van der Waals surface area contributed by atoms with Crippen LogP contribution in [0.4, 0.5) is 11.4 Å². The number of amides is 2. The van der Waals surface area contributed by atoms with Crippen LogP contribution in [0.3, 0.4) is 0 Å². The SMILES string of the molecule is Cn1c(C(=O)Nc2cccc(-c3cccc(NC(=O)c4nc5c(n4C)CCN(C4CCC(O)CC4)C5)c3Cl)c2Cl)nc2c1CCN(CCC1CCC(C(=O)O)CC1)C2. The highest BCUT2D eigenvalue weighted by Crippen LogP contribution is 2.41. The highest BCUT2D eigenvalue weighted by molar-refractivity contribution is 6.40. The monoisotopic (exact) mass is 830 g/mol. The van der Waals surface area contributed by atoms with Crippen LogP contribution < -0.4 is 10.6 Å². The van der Waals surface area contributed by atoms with Gasteiger partial charge in [0.15, 0.2) is 11.6 Å². The molecule has 308 valence electrons. The molecule has 0 unspecified atom stereocenters. The number of aliphatic carboxylic acids is 1. The molecule has 2 amide bonds. The highest BCUT2D eigenvalue weighted by Gasteiger charge is 2.32. The Hall–Kier alpha value is -4.27. The number of hydrogen-bond acceptors (Lipinski definition) is 8. The van der Waals surface area contributed by atoms with Crippen LogP contribution in [0.5, 0.6) is 0 Å². The summed E-state index contributed by atoms with van der Waals surface area (Å²) < 4.78 is 3.74. The molecule has 2 aliphatic heterocycles. The van der Waals surface area contributed by atoms with Crippen molar-refractivity contribution < 1.29 is 24.6 Å². The summed E-state index contributed by atoms with van der Waals surface area (Å²) in [6.07, 6.45) is 9.45. The lowest BCUT2D eigenvalue weighted by molar-refractivity contribution is -0.143. The van der Waals surface area contributed by atoms with E-state index in [9.17, 15) is 24.6 Å². The van der Waals surface area contributed by atoms with Crippen molar-refractivity contribution in [3.05, 3.63) is 80.9 Å². The first kappa shape index (κ1) is 40.5. The van der Waals surface area contributed by atoms with Gasteiger partial charge in [0.2, 0.25) is 0 Å². The van der Waals surface area contributed by atoms with Gasteiger partial charge < -0.3 is 30.0 Å². The number of benzene rings is 2. The second kappa shape index (κ2) is 17.1. The van der Waals surface area contributed by atoms with Crippen molar-refractivity contribution >= 4 is 52.4 Å². The molecule has 15 heteroatoms. The summed E-state index contributed by atoms with van der Waals surface area (Å²) in [7, 11) is 3.74. The molecular formula is C43H52Cl2N8O5. The van der Waals surface area contributed by atoms with E-state index >= 15 is 0 Å². The van der Waals surface area contributed by atoms with Gasteiger partial charge >= 0.3 is 5.97 Å². The maximum atomic E-state index is 13.7. The zero-order valence-corrected chi connectivity index (χ0v) is 34.7. The number of fused-ring (bicyclic) bond motifs is 2. The predicted molar refractivity (Wildman–Crippen MR) is 223 cm³/mol. The number of aliphatic hydroxyl groups excluding tert-OH is 1. The predicted octanol–water partition coefficient (Wildman–Crippen LogP) is 6.93. The van der Waals surface area contributed by atoms with E-state index in [1.54, 1.807) is 24.3 Å². The number of halogens is 2. The number of aromatic nitrogens is 4. The molecule has 0 radical (unpaired) electrons. The first-order valence-electron chi connectivity index (χ1n) is 20.6. The Morgan fingerprint density at radius 2 is 1.28 bits per heavy atom. The Bertz CT molecular complexity index is 2200. The normalized spacial score (nSPS) is 22.6. The Labute approximate surface area is 348 Å². The quantitative estimate of drug-likeness (QED) is 0.133. The number of rotatable bonds is 10. The van der Waals surface area contributed by atoms with Gasteiger partial charge in [-0.25, -0.2) is 9.97 Å². The second-order valence-electron chi connectivity index (χ2n) is 16.6. The molecule has 0 saturated heterocycles. The van der Waals surface area contributed by atoms with Crippen LogP contribution in [0.2, 0.25) is 10.0 Å². The number of imidazole rings is 2. The molecule has 2 aliphatic carbocycles. The molecule has 58 heavy (non-hydrogen) atoms. The molecule has 2 fully saturated rings. The van der Waals surface area contributed by atoms with Crippen molar-refractivity contribution in [2.24, 2.45) is 25.9 Å². The van der Waals surface area contributed by atoms with Crippen molar-refractivity contribution in [1.82, 2.24) is 28.9 Å². The number of nitrogens with zero attached hydrogens (tertiary/aromatic N) is 6. The van der Waals surface area contributed by atoms with Crippen LogP contribution in [0.25, 0.3) is 11.1 Å². The number of carbonyl (C=O) groups excluding carboxylic acids is 2. The van der Waals surface area contributed by atoms with Gasteiger partial charge in [0.05, 0.1) is 44.8 Å². The van der Waals surface area contributed by atoms with E-state index in [1.165, 1.54) is 0 Å². The standard InChI is InChI=1S/C43H52Cl2N8O5/c1-50-35-18-21-52(20-17-25-9-11-26(12-10-25)43(57)58)23-33(35)46-39(50)41(55)48-31-7-3-5-29(37(31)44)30-6-4-8-32(38(30)45)49-42(56)40-47-34-24-53(22-19-36(34)51(40)2)27-13-15-28(54)16-14-27/h3-8,25-28,54H,9-24H2,1-2H3,(H,48,55)(H,49,56)(H,57,58). The molecule has 13 nitrogen and oxygen atoms in total. The summed E-state index contributed by atoms with van der Waals surface area (Å²) in [6.45, 7) is 4.04. The fourth-order valence-corrected chi connectivity index (χ4v) is 10.1. The molecule has 4 aliphatic rings. The Morgan fingerprint density at radius 3 is 1.83 bits per heavy atom. The fourth-order valence-electron chi connectivity index (χ4n) is 9.56. The van der Waals surface area contributed by atoms with Gasteiger partial charge in [0.1, 0.15) is 0 Å². The first-order chi connectivity index (χ1) is 27.9. The van der Waals surface area contributed by atoms with Gasteiger partial charge in [-0.1, -0.05) is 47.5 Å². The van der Waals surface area contributed by atoms with Crippen molar-refractivity contribution in [2.75, 3.05) is 30.3 Å². The second-order valence-corrected chi connectivity index (χ2v) is 17.3. The van der Waals surface area contributed by atoms with Crippen LogP contribution in [0.15, 0.2) is 36.4 Å². The van der Waals surface area contributed by atoms with E-state index in [1.807, 2.05) is 35.4 Å². The number of aliphatic hydroxyl groups is 1. The van der Waals surface area contributed by atoms with Gasteiger partial charge in [-0.05, 0) is 82.4 Å². The number of carboxylic acids is 1. The number of nitrogens with one attached hydrogen (secondary N) is 2. The van der Waals surface area contributed by atoms with E-state index in [2.05, 4.69) is 20.4 Å². The maximum absolute atomic E-state index is 13.7. The Kier molecular flexibility index (Phi) is 12.0. The van der Waals surface area contributed by atoms with E-state index in [0.717, 1.165) is 113 Å². The van der Waals surface area contributed by atoms with E-state index in [0.29, 0.717) is 69.2 Å². The molecule has 4 N–H and O–H groups in total. The van der Waals surface area contributed by atoms with Gasteiger partial charge in [0.25, 0.3) is 11.8 Å². The van der Waals surface area contributed by atoms with Gasteiger partial charge in [-0.3, -0.25) is 24.2 Å². The molecule has 0 atom stereocenters. The van der Waals surface area contributed by atoms with Crippen LogP contribution in [0, 0.1) is 11.8 Å². The van der Waals surface area contributed by atoms with Crippen LogP contribution in [-0.4, -0.2) is 88.7 Å². The lowest BCUT2D eigenvalue weighted by Crippen LogP contribution is -2.42. The molecule has 0 spiro atoms. The minimum absolute atomic E-state index is 0.200. The molecule has 2 aromatic carbocycles. The molecule has 2 saturated carbocycles. The van der Waals surface area contributed by atoms with Crippen molar-refractivity contribution in [2.45, 2.75) is 95.9 Å². The largest absolute Gasteiger partial charge is 0.481 e. The molecular weight excluding hydrogens is 779 g/mol. The van der Waals surface area contributed by atoms with Crippen molar-refractivity contribution in [1.29, 1.82) is 0 Å². The molecule has 0 bridgehead atoms. The maximum Gasteiger partial charge on any atom is 0.306 e. The summed E-state index contributed by atoms with van der Waals surface area (Å²) in [5, 5.41) is 25.9. The van der Waals surface area contributed by atoms with Gasteiger partial charge in [-0.15, -0.1) is 0 Å². The first-order valence-corrected chi connectivity index (χ1v) is 21.4. The molecule has 4 aromatic rings. The molecule has 8 rings (SSSR count). The molecule has 2 aromatic heterocycles. The minimum atomic E-state index is -0.672. The summed E-state index contributed by atoms with van der Waals surface area (Å²) in [5.41, 5.74) is 5.91. The zero-order chi connectivity index (χ0) is 40.7. The van der Waals surface area contributed by atoms with Gasteiger partial charge in [0, 0.05) is 81.7 Å². The van der Waals surface area contributed by atoms with E-state index < -0.39 is 5.97 Å². The number of carbonyl (C=O) groups is 3. The average Bonchev–Trinajstić information content (AvgIpc) is 3.74. The Balaban J connectivity index is 0.917. The Morgan fingerprint density at radius 1 is 0.741 bits per heavy atom. The lowest BCUT2D eigenvalue weighted by Gasteiger charge is -2.37. The minimum Gasteiger partial charge on any atom is -0.481 e. The van der Waals surface area contributed by atoms with E-state index in [4.69, 9.17) is 33.2 Å².